The van der Waals surface area contributed by atoms with Gasteiger partial charge in [0.15, 0.2) is 5.82 Å². The first-order chi connectivity index (χ1) is 14.4. The van der Waals surface area contributed by atoms with Gasteiger partial charge in [0.25, 0.3) is 11.1 Å². The van der Waals surface area contributed by atoms with Gasteiger partial charge in [0, 0.05) is 23.2 Å². The number of carbonyl (C=O) groups excluding carboxylic acids is 1. The summed E-state index contributed by atoms with van der Waals surface area (Å²) in [5.74, 6) is -0.147. The Morgan fingerprint density at radius 1 is 1.37 bits per heavy atom. The Kier molecular flexibility index (Phi) is 7.46. The maximum absolute atomic E-state index is 14.9. The summed E-state index contributed by atoms with van der Waals surface area (Å²) < 4.78 is 25.6. The zero-order valence-electron chi connectivity index (χ0n) is 16.4. The van der Waals surface area contributed by atoms with Crippen LogP contribution >= 0.6 is 34.7 Å². The predicted molar refractivity (Wildman–Crippen MR) is 118 cm³/mol. The van der Waals surface area contributed by atoms with Crippen LogP contribution in [0.25, 0.3) is 11.1 Å². The number of aryl methyl sites for hydroxylation is 1. The number of hydrogen-bond acceptors (Lipinski definition) is 8. The Balaban J connectivity index is 1.93. The molecule has 1 N–H and O–H groups in total. The molecule has 11 heteroatoms. The van der Waals surface area contributed by atoms with Crippen molar-refractivity contribution in [2.75, 3.05) is 31.0 Å². The fraction of sp³-hybridized carbons (Fsp3) is 0.263. The number of methoxy groups -OCH3 is 1. The smallest absolute Gasteiger partial charge is 0.295 e. The lowest BCUT2D eigenvalue weighted by atomic mass is 9.98. The second-order valence-electron chi connectivity index (χ2n) is 5.98. The van der Waals surface area contributed by atoms with Gasteiger partial charge in [-0.1, -0.05) is 16.7 Å². The number of benzene rings is 1. The van der Waals surface area contributed by atoms with Gasteiger partial charge in [-0.05, 0) is 42.7 Å². The Hall–Kier alpha value is -2.43. The highest BCUT2D eigenvalue weighted by Gasteiger charge is 2.23. The molecule has 0 unspecified atom stereocenters. The summed E-state index contributed by atoms with van der Waals surface area (Å²) in [5.41, 5.74) is 1.13. The van der Waals surface area contributed by atoms with Gasteiger partial charge in [0.05, 0.1) is 29.9 Å². The zero-order chi connectivity index (χ0) is 21.7. The summed E-state index contributed by atoms with van der Waals surface area (Å²) in [6, 6.07) is 4.54. The van der Waals surface area contributed by atoms with Crippen LogP contribution in [0.5, 0.6) is 10.9 Å². The molecule has 2 aromatic heterocycles. The van der Waals surface area contributed by atoms with Gasteiger partial charge in [-0.15, -0.1) is 5.10 Å². The van der Waals surface area contributed by atoms with E-state index in [2.05, 4.69) is 20.5 Å². The van der Waals surface area contributed by atoms with Crippen LogP contribution in [0.4, 0.5) is 9.52 Å². The van der Waals surface area contributed by atoms with Crippen molar-refractivity contribution in [1.82, 2.24) is 15.2 Å². The van der Waals surface area contributed by atoms with Crippen molar-refractivity contribution in [3.8, 4) is 22.1 Å². The summed E-state index contributed by atoms with van der Waals surface area (Å²) in [6.07, 6.45) is 3.34. The van der Waals surface area contributed by atoms with Crippen LogP contribution in [0.2, 0.25) is 5.02 Å². The van der Waals surface area contributed by atoms with E-state index in [-0.39, 0.29) is 27.0 Å². The first kappa shape index (κ1) is 22.3. The third kappa shape index (κ3) is 5.00. The van der Waals surface area contributed by atoms with Gasteiger partial charge in [0.1, 0.15) is 5.75 Å². The fourth-order valence-corrected chi connectivity index (χ4v) is 3.62. The summed E-state index contributed by atoms with van der Waals surface area (Å²) in [7, 11) is 1.42. The minimum absolute atomic E-state index is 0.0808. The number of pyridine rings is 1. The van der Waals surface area contributed by atoms with Gasteiger partial charge in [-0.3, -0.25) is 15.1 Å². The van der Waals surface area contributed by atoms with Crippen molar-refractivity contribution in [2.24, 2.45) is 0 Å². The average Bonchev–Trinajstić information content (AvgIpc) is 3.17. The van der Waals surface area contributed by atoms with E-state index in [0.717, 1.165) is 17.1 Å². The topological polar surface area (TPSA) is 86.2 Å². The summed E-state index contributed by atoms with van der Waals surface area (Å²) in [6.45, 7) is 2.23. The highest BCUT2D eigenvalue weighted by molar-refractivity contribution is 7.98. The van der Waals surface area contributed by atoms with Crippen molar-refractivity contribution in [3.05, 3.63) is 46.5 Å². The largest absolute Gasteiger partial charge is 0.496 e. The molecule has 0 radical (unpaired) electrons. The zero-order valence-corrected chi connectivity index (χ0v) is 18.8. The van der Waals surface area contributed by atoms with E-state index in [9.17, 15) is 9.18 Å². The van der Waals surface area contributed by atoms with Crippen LogP contribution in [0.3, 0.4) is 0 Å². The van der Waals surface area contributed by atoms with E-state index in [1.165, 1.54) is 19.4 Å². The van der Waals surface area contributed by atoms with Crippen molar-refractivity contribution in [1.29, 1.82) is 0 Å². The summed E-state index contributed by atoms with van der Waals surface area (Å²) >= 11 is 8.71. The molecular formula is C19H18ClFN4O3S2. The Labute approximate surface area is 186 Å². The number of rotatable bonds is 8. The Morgan fingerprint density at radius 2 is 2.17 bits per heavy atom. The molecule has 1 amide bonds. The van der Waals surface area contributed by atoms with E-state index >= 15 is 0 Å². The number of nitrogens with one attached hydrogen (secondary N) is 1. The minimum atomic E-state index is -0.684. The molecule has 158 valence electrons. The van der Waals surface area contributed by atoms with Crippen LogP contribution in [0.1, 0.15) is 16.1 Å². The van der Waals surface area contributed by atoms with Gasteiger partial charge in [-0.2, -0.15) is 11.8 Å². The number of amides is 1. The molecule has 0 aliphatic carbocycles. The average molecular weight is 469 g/mol. The number of carbonyl (C=O) groups is 1. The van der Waals surface area contributed by atoms with Gasteiger partial charge in [0.2, 0.25) is 5.13 Å². The van der Waals surface area contributed by atoms with Gasteiger partial charge in [-0.25, -0.2) is 4.39 Å². The monoisotopic (exact) mass is 468 g/mol. The molecule has 3 rings (SSSR count). The van der Waals surface area contributed by atoms with Crippen LogP contribution in [-0.4, -0.2) is 46.8 Å². The second-order valence-corrected chi connectivity index (χ2v) is 8.31. The number of hydrogen-bond donors (Lipinski definition) is 1. The third-order valence-electron chi connectivity index (χ3n) is 3.97. The molecule has 0 saturated carbocycles. The SMILES string of the molecule is COc1ccc(Cl)c(F)c1-c1cc(C)ncc1C(=O)Nc1nnc(OCCSC)s1. The van der Waals surface area contributed by atoms with Crippen LogP contribution < -0.4 is 14.8 Å². The van der Waals surface area contributed by atoms with Crippen LogP contribution in [0.15, 0.2) is 24.4 Å². The molecule has 0 atom stereocenters. The molecule has 0 bridgehead atoms. The molecule has 3 aromatic rings. The fourth-order valence-electron chi connectivity index (χ4n) is 2.60. The van der Waals surface area contributed by atoms with E-state index in [1.54, 1.807) is 30.8 Å². The number of nitrogens with zero attached hydrogens (tertiary/aromatic N) is 3. The van der Waals surface area contributed by atoms with Crippen molar-refractivity contribution < 1.29 is 18.7 Å². The Morgan fingerprint density at radius 3 is 2.90 bits per heavy atom. The molecular weight excluding hydrogens is 451 g/mol. The number of thioether (sulfide) groups is 1. The number of aromatic nitrogens is 3. The highest BCUT2D eigenvalue weighted by atomic mass is 35.5. The lowest BCUT2D eigenvalue weighted by Gasteiger charge is -2.14. The molecule has 2 heterocycles. The molecule has 0 spiro atoms. The van der Waals surface area contributed by atoms with Crippen molar-refractivity contribution in [3.63, 3.8) is 0 Å². The van der Waals surface area contributed by atoms with E-state index in [4.69, 9.17) is 21.1 Å². The molecule has 1 aromatic carbocycles. The van der Waals surface area contributed by atoms with Gasteiger partial charge < -0.3 is 9.47 Å². The van der Waals surface area contributed by atoms with Crippen LogP contribution in [0, 0.1) is 12.7 Å². The third-order valence-corrected chi connectivity index (χ3v) is 5.59. The normalized spacial score (nSPS) is 10.7. The molecule has 7 nitrogen and oxygen atoms in total. The predicted octanol–water partition coefficient (Wildman–Crippen LogP) is 4.70. The quantitative estimate of drug-likeness (QED) is 0.479. The number of ether oxygens (including phenoxy) is 2. The van der Waals surface area contributed by atoms with Crippen LogP contribution in [-0.2, 0) is 0 Å². The molecule has 0 aliphatic rings. The first-order valence-electron chi connectivity index (χ1n) is 8.70. The maximum Gasteiger partial charge on any atom is 0.295 e. The van der Waals surface area contributed by atoms with E-state index < -0.39 is 11.7 Å². The summed E-state index contributed by atoms with van der Waals surface area (Å²) in [5, 5.41) is 11.0. The van der Waals surface area contributed by atoms with Gasteiger partial charge >= 0.3 is 0 Å². The minimum Gasteiger partial charge on any atom is -0.496 e. The molecule has 0 aliphatic heterocycles. The van der Waals surface area contributed by atoms with E-state index in [0.29, 0.717) is 23.1 Å². The molecule has 30 heavy (non-hydrogen) atoms. The number of halogens is 2. The Bertz CT molecular complexity index is 1060. The lowest BCUT2D eigenvalue weighted by Crippen LogP contribution is -2.14. The molecule has 0 saturated heterocycles. The number of anilines is 1. The molecule has 0 fully saturated rings. The lowest BCUT2D eigenvalue weighted by molar-refractivity contribution is 0.102. The van der Waals surface area contributed by atoms with Crippen molar-refractivity contribution in [2.45, 2.75) is 6.92 Å². The van der Waals surface area contributed by atoms with E-state index in [1.807, 2.05) is 6.26 Å². The highest BCUT2D eigenvalue weighted by Crippen LogP contribution is 2.38. The standard InChI is InChI=1S/C19H18ClFN4O3S2/c1-10-8-11(15-14(27-2)5-4-13(20)16(15)21)12(9-22-10)17(26)23-18-24-25-19(30-18)28-6-7-29-3/h4-5,8-9H,6-7H2,1-3H3,(H,23,24,26). The van der Waals surface area contributed by atoms with Crippen molar-refractivity contribution >= 4 is 45.7 Å². The first-order valence-corrected chi connectivity index (χ1v) is 11.3. The summed E-state index contributed by atoms with van der Waals surface area (Å²) in [4.78, 5) is 17.1. The maximum atomic E-state index is 14.9. The second kappa shape index (κ2) is 10.1.